The van der Waals surface area contributed by atoms with Gasteiger partial charge in [0.25, 0.3) is 0 Å². The lowest BCUT2D eigenvalue weighted by atomic mass is 9.99. The first-order valence-electron chi connectivity index (χ1n) is 10.1. The fraction of sp³-hybridized carbons (Fsp3) is 0.160. The highest BCUT2D eigenvalue weighted by Crippen LogP contribution is 2.24. The summed E-state index contributed by atoms with van der Waals surface area (Å²) in [5.41, 5.74) is 5.45. The molecule has 1 N–H and O–H groups in total. The molecule has 0 spiro atoms. The van der Waals surface area contributed by atoms with E-state index >= 15 is 0 Å². The molecule has 6 heteroatoms. The predicted molar refractivity (Wildman–Crippen MR) is 124 cm³/mol. The maximum atomic E-state index is 12.9. The van der Waals surface area contributed by atoms with Gasteiger partial charge < -0.3 is 5.32 Å². The third-order valence-electron chi connectivity index (χ3n) is 5.03. The molecule has 0 fully saturated rings. The molecule has 4 aromatic rings. The Morgan fingerprint density at radius 1 is 0.968 bits per heavy atom. The highest BCUT2D eigenvalue weighted by molar-refractivity contribution is 7.99. The van der Waals surface area contributed by atoms with Crippen LogP contribution in [-0.2, 0) is 4.79 Å². The van der Waals surface area contributed by atoms with E-state index in [-0.39, 0.29) is 17.7 Å². The SMILES string of the molecule is Cc1ccc(-n2cnnc2SCC(=O)NC(c2ccccc2)c2ccccc2)c(C)c1. The molecule has 0 radical (unpaired) electrons. The molecule has 0 aliphatic carbocycles. The largest absolute Gasteiger partial charge is 0.344 e. The Hall–Kier alpha value is -3.38. The van der Waals surface area contributed by atoms with Crippen LogP contribution in [0.4, 0.5) is 0 Å². The first kappa shape index (κ1) is 20.9. The zero-order chi connectivity index (χ0) is 21.6. The van der Waals surface area contributed by atoms with Crippen LogP contribution in [-0.4, -0.2) is 26.4 Å². The summed E-state index contributed by atoms with van der Waals surface area (Å²) in [6.07, 6.45) is 1.69. The fourth-order valence-electron chi connectivity index (χ4n) is 3.55. The van der Waals surface area contributed by atoms with Crippen molar-refractivity contribution in [2.75, 3.05) is 5.75 Å². The molecule has 1 heterocycles. The normalized spacial score (nSPS) is 10.9. The fourth-order valence-corrected chi connectivity index (χ4v) is 4.28. The monoisotopic (exact) mass is 428 g/mol. The van der Waals surface area contributed by atoms with Crippen molar-refractivity contribution in [3.8, 4) is 5.69 Å². The van der Waals surface area contributed by atoms with E-state index in [1.54, 1.807) is 6.33 Å². The van der Waals surface area contributed by atoms with Crippen LogP contribution in [0.2, 0.25) is 0 Å². The quantitative estimate of drug-likeness (QED) is 0.426. The van der Waals surface area contributed by atoms with Crippen molar-refractivity contribution >= 4 is 17.7 Å². The molecule has 1 aromatic heterocycles. The first-order chi connectivity index (χ1) is 15.1. The summed E-state index contributed by atoms with van der Waals surface area (Å²) in [6, 6.07) is 26.1. The number of nitrogens with one attached hydrogen (secondary N) is 1. The molecule has 31 heavy (non-hydrogen) atoms. The summed E-state index contributed by atoms with van der Waals surface area (Å²) < 4.78 is 1.93. The Morgan fingerprint density at radius 2 is 1.61 bits per heavy atom. The average Bonchev–Trinajstić information content (AvgIpc) is 3.25. The predicted octanol–water partition coefficient (Wildman–Crippen LogP) is 4.88. The number of hydrogen-bond donors (Lipinski definition) is 1. The van der Waals surface area contributed by atoms with Gasteiger partial charge in [-0.2, -0.15) is 0 Å². The third-order valence-corrected chi connectivity index (χ3v) is 5.97. The van der Waals surface area contributed by atoms with Gasteiger partial charge in [-0.15, -0.1) is 10.2 Å². The van der Waals surface area contributed by atoms with E-state index in [4.69, 9.17) is 0 Å². The number of nitrogens with zero attached hydrogens (tertiary/aromatic N) is 3. The van der Waals surface area contributed by atoms with Crippen molar-refractivity contribution in [1.82, 2.24) is 20.1 Å². The number of amides is 1. The Morgan fingerprint density at radius 3 is 2.23 bits per heavy atom. The summed E-state index contributed by atoms with van der Waals surface area (Å²) in [4.78, 5) is 12.9. The van der Waals surface area contributed by atoms with Crippen LogP contribution in [0, 0.1) is 13.8 Å². The smallest absolute Gasteiger partial charge is 0.231 e. The summed E-state index contributed by atoms with van der Waals surface area (Å²) in [7, 11) is 0. The minimum atomic E-state index is -0.201. The molecule has 0 bridgehead atoms. The molecule has 0 saturated carbocycles. The second kappa shape index (κ2) is 9.62. The van der Waals surface area contributed by atoms with Crippen LogP contribution in [0.25, 0.3) is 5.69 Å². The van der Waals surface area contributed by atoms with Crippen LogP contribution in [0.5, 0.6) is 0 Å². The molecular weight excluding hydrogens is 404 g/mol. The van der Waals surface area contributed by atoms with E-state index < -0.39 is 0 Å². The molecule has 0 unspecified atom stereocenters. The van der Waals surface area contributed by atoms with E-state index in [0.29, 0.717) is 5.16 Å². The highest BCUT2D eigenvalue weighted by Gasteiger charge is 2.18. The van der Waals surface area contributed by atoms with Crippen LogP contribution in [0.15, 0.2) is 90.3 Å². The second-order valence-corrected chi connectivity index (χ2v) is 8.33. The molecule has 1 amide bonds. The van der Waals surface area contributed by atoms with Crippen LogP contribution >= 0.6 is 11.8 Å². The first-order valence-corrected chi connectivity index (χ1v) is 11.1. The molecule has 5 nitrogen and oxygen atoms in total. The zero-order valence-electron chi connectivity index (χ0n) is 17.5. The van der Waals surface area contributed by atoms with Crippen LogP contribution in [0.3, 0.4) is 0 Å². The minimum Gasteiger partial charge on any atom is -0.344 e. The number of aryl methyl sites for hydroxylation is 2. The molecule has 156 valence electrons. The average molecular weight is 429 g/mol. The van der Waals surface area contributed by atoms with Gasteiger partial charge in [-0.1, -0.05) is 90.1 Å². The maximum Gasteiger partial charge on any atom is 0.231 e. The topological polar surface area (TPSA) is 59.8 Å². The van der Waals surface area contributed by atoms with Crippen molar-refractivity contribution in [3.63, 3.8) is 0 Å². The highest BCUT2D eigenvalue weighted by atomic mass is 32.2. The molecule has 0 atom stereocenters. The van der Waals surface area contributed by atoms with Crippen LogP contribution in [0.1, 0.15) is 28.3 Å². The van der Waals surface area contributed by atoms with Gasteiger partial charge in [-0.3, -0.25) is 9.36 Å². The second-order valence-electron chi connectivity index (χ2n) is 7.38. The Bertz CT molecular complexity index is 1120. The lowest BCUT2D eigenvalue weighted by molar-refractivity contribution is -0.119. The Kier molecular flexibility index (Phi) is 6.48. The van der Waals surface area contributed by atoms with E-state index in [0.717, 1.165) is 22.4 Å². The maximum absolute atomic E-state index is 12.9. The minimum absolute atomic E-state index is 0.0575. The number of carbonyl (C=O) groups excluding carboxylic acids is 1. The molecule has 0 saturated heterocycles. The summed E-state index contributed by atoms with van der Waals surface area (Å²) in [5.74, 6) is 0.192. The van der Waals surface area contributed by atoms with Gasteiger partial charge in [-0.05, 0) is 36.6 Å². The van der Waals surface area contributed by atoms with Gasteiger partial charge in [0.2, 0.25) is 5.91 Å². The molecule has 3 aromatic carbocycles. The molecule has 0 aliphatic heterocycles. The standard InChI is InChI=1S/C25H24N4OS/c1-18-13-14-22(19(2)15-18)29-17-26-28-25(29)31-16-23(30)27-24(20-9-5-3-6-10-20)21-11-7-4-8-12-21/h3-15,17,24H,16H2,1-2H3,(H,27,30). The molecule has 0 aliphatic rings. The number of hydrogen-bond acceptors (Lipinski definition) is 4. The Labute approximate surface area is 186 Å². The summed E-state index contributed by atoms with van der Waals surface area (Å²) in [5, 5.41) is 12.1. The Balaban J connectivity index is 1.48. The third kappa shape index (κ3) is 5.03. The van der Waals surface area contributed by atoms with E-state index in [1.807, 2.05) is 65.2 Å². The lowest BCUT2D eigenvalue weighted by Gasteiger charge is -2.20. The summed E-state index contributed by atoms with van der Waals surface area (Å²) >= 11 is 1.38. The number of thioether (sulfide) groups is 1. The number of rotatable bonds is 7. The number of benzene rings is 3. The van der Waals surface area contributed by atoms with Gasteiger partial charge in [-0.25, -0.2) is 0 Å². The van der Waals surface area contributed by atoms with Crippen molar-refractivity contribution in [1.29, 1.82) is 0 Å². The molecule has 4 rings (SSSR count). The van der Waals surface area contributed by atoms with Gasteiger partial charge in [0, 0.05) is 0 Å². The van der Waals surface area contributed by atoms with Crippen molar-refractivity contribution in [2.24, 2.45) is 0 Å². The van der Waals surface area contributed by atoms with Gasteiger partial charge in [0.1, 0.15) is 6.33 Å². The number of carbonyl (C=O) groups is 1. The van der Waals surface area contributed by atoms with E-state index in [2.05, 4.69) is 47.6 Å². The van der Waals surface area contributed by atoms with Crippen LogP contribution < -0.4 is 5.32 Å². The lowest BCUT2D eigenvalue weighted by Crippen LogP contribution is -2.30. The van der Waals surface area contributed by atoms with Gasteiger partial charge in [0.15, 0.2) is 5.16 Å². The van der Waals surface area contributed by atoms with Gasteiger partial charge in [0.05, 0.1) is 17.5 Å². The van der Waals surface area contributed by atoms with Crippen molar-refractivity contribution in [3.05, 3.63) is 107 Å². The summed E-state index contributed by atoms with van der Waals surface area (Å²) in [6.45, 7) is 4.13. The van der Waals surface area contributed by atoms with Crippen molar-refractivity contribution < 1.29 is 4.79 Å². The van der Waals surface area contributed by atoms with E-state index in [9.17, 15) is 4.79 Å². The van der Waals surface area contributed by atoms with Crippen molar-refractivity contribution in [2.45, 2.75) is 25.0 Å². The molecular formula is C25H24N4OS. The van der Waals surface area contributed by atoms with Gasteiger partial charge >= 0.3 is 0 Å². The number of aromatic nitrogens is 3. The van der Waals surface area contributed by atoms with E-state index in [1.165, 1.54) is 17.3 Å². The zero-order valence-corrected chi connectivity index (χ0v) is 18.3.